The number of rotatable bonds is 16. The number of carbonyl (C=O) groups excluding carboxylic acids is 2. The van der Waals surface area contributed by atoms with Crippen molar-refractivity contribution in [1.29, 1.82) is 0 Å². The minimum Gasteiger partial charge on any atom is -0.491 e. The van der Waals surface area contributed by atoms with E-state index in [0.29, 0.717) is 13.2 Å². The second-order valence-electron chi connectivity index (χ2n) is 12.2. The molecule has 0 aliphatic carbocycles. The monoisotopic (exact) mass is 754 g/mol. The number of hydrogen-bond acceptors (Lipinski definition) is 8. The van der Waals surface area contributed by atoms with Crippen molar-refractivity contribution >= 4 is 38.8 Å². The maximum atomic E-state index is 11.0. The van der Waals surface area contributed by atoms with Gasteiger partial charge in [-0.1, -0.05) is 0 Å². The van der Waals surface area contributed by atoms with Crippen molar-refractivity contribution in [3.8, 4) is 46.0 Å². The SMILES string of the molecule is CC(=O)NC(C)COc1ccc(Oc2ccc(OC(C)C)cc2)cc1.CC(=O)N[C@@H](C)COc1ccc(Oc2ccc(OC(C)C)cc2)cc1.S.S. The van der Waals surface area contributed by atoms with Crippen LogP contribution in [0.4, 0.5) is 0 Å². The second kappa shape index (κ2) is 23.7. The van der Waals surface area contributed by atoms with Gasteiger partial charge in [-0.2, -0.15) is 27.0 Å². The molecular formula is C40H54N2O8S2. The molecule has 2 atom stereocenters. The smallest absolute Gasteiger partial charge is 0.217 e. The molecule has 0 saturated carbocycles. The molecule has 0 spiro atoms. The molecule has 4 rings (SSSR count). The molecule has 0 bridgehead atoms. The molecule has 0 aliphatic heterocycles. The van der Waals surface area contributed by atoms with Gasteiger partial charge in [0.1, 0.15) is 59.2 Å². The van der Waals surface area contributed by atoms with E-state index in [1.165, 1.54) is 13.8 Å². The van der Waals surface area contributed by atoms with Gasteiger partial charge in [0.25, 0.3) is 0 Å². The van der Waals surface area contributed by atoms with Crippen molar-refractivity contribution in [3.05, 3.63) is 97.1 Å². The Bertz CT molecular complexity index is 1460. The Morgan fingerprint density at radius 3 is 0.904 bits per heavy atom. The van der Waals surface area contributed by atoms with Gasteiger partial charge in [-0.3, -0.25) is 9.59 Å². The Morgan fingerprint density at radius 2 is 0.673 bits per heavy atom. The topological polar surface area (TPSA) is 114 Å². The summed E-state index contributed by atoms with van der Waals surface area (Å²) in [7, 11) is 0. The summed E-state index contributed by atoms with van der Waals surface area (Å²) in [5.74, 6) is 5.89. The van der Waals surface area contributed by atoms with Gasteiger partial charge in [0, 0.05) is 13.8 Å². The molecule has 10 nitrogen and oxygen atoms in total. The van der Waals surface area contributed by atoms with Crippen LogP contribution in [0.1, 0.15) is 55.4 Å². The molecule has 4 aromatic rings. The molecule has 0 aromatic heterocycles. The maximum absolute atomic E-state index is 11.0. The first kappa shape index (κ1) is 45.3. The van der Waals surface area contributed by atoms with E-state index < -0.39 is 0 Å². The summed E-state index contributed by atoms with van der Waals surface area (Å²) < 4.78 is 34.1. The van der Waals surface area contributed by atoms with Crippen LogP contribution in [-0.4, -0.2) is 49.3 Å². The summed E-state index contributed by atoms with van der Waals surface area (Å²) in [6.45, 7) is 15.6. The molecule has 0 saturated heterocycles. The van der Waals surface area contributed by atoms with Crippen molar-refractivity contribution < 1.29 is 38.0 Å². The van der Waals surface area contributed by atoms with E-state index in [1.54, 1.807) is 0 Å². The molecule has 4 aromatic carbocycles. The molecule has 0 aliphatic rings. The molecule has 0 radical (unpaired) electrons. The highest BCUT2D eigenvalue weighted by molar-refractivity contribution is 7.59. The zero-order valence-electron chi connectivity index (χ0n) is 31.2. The lowest BCUT2D eigenvalue weighted by atomic mass is 10.3. The molecule has 52 heavy (non-hydrogen) atoms. The van der Waals surface area contributed by atoms with Crippen LogP contribution < -0.4 is 39.1 Å². The van der Waals surface area contributed by atoms with E-state index in [-0.39, 0.29) is 63.1 Å². The minimum absolute atomic E-state index is 0. The van der Waals surface area contributed by atoms with Crippen LogP contribution in [0.2, 0.25) is 0 Å². The highest BCUT2D eigenvalue weighted by Crippen LogP contribution is 2.27. The van der Waals surface area contributed by atoms with Crippen molar-refractivity contribution in [2.24, 2.45) is 0 Å². The van der Waals surface area contributed by atoms with E-state index in [2.05, 4.69) is 10.6 Å². The van der Waals surface area contributed by atoms with Gasteiger partial charge >= 0.3 is 0 Å². The number of nitrogens with one attached hydrogen (secondary N) is 2. The van der Waals surface area contributed by atoms with E-state index in [1.807, 2.05) is 139 Å². The third-order valence-corrected chi connectivity index (χ3v) is 6.41. The van der Waals surface area contributed by atoms with Crippen molar-refractivity contribution in [3.63, 3.8) is 0 Å². The summed E-state index contributed by atoms with van der Waals surface area (Å²) in [6.07, 6.45) is 0.292. The van der Waals surface area contributed by atoms with E-state index in [4.69, 9.17) is 28.4 Å². The van der Waals surface area contributed by atoms with Gasteiger partial charge in [-0.05, 0) is 139 Å². The lowest BCUT2D eigenvalue weighted by Gasteiger charge is -2.14. The third-order valence-electron chi connectivity index (χ3n) is 6.41. The molecule has 1 unspecified atom stereocenters. The van der Waals surface area contributed by atoms with Crippen molar-refractivity contribution in [1.82, 2.24) is 10.6 Å². The number of hydrogen-bond donors (Lipinski definition) is 2. The highest BCUT2D eigenvalue weighted by Gasteiger charge is 2.07. The first-order chi connectivity index (χ1) is 23.8. The molecule has 0 fully saturated rings. The summed E-state index contributed by atoms with van der Waals surface area (Å²) in [5, 5.41) is 5.55. The fourth-order valence-electron chi connectivity index (χ4n) is 4.42. The van der Waals surface area contributed by atoms with Gasteiger partial charge in [-0.25, -0.2) is 0 Å². The maximum Gasteiger partial charge on any atom is 0.217 e. The average molecular weight is 755 g/mol. The normalized spacial score (nSPS) is 11.3. The van der Waals surface area contributed by atoms with E-state index >= 15 is 0 Å². The van der Waals surface area contributed by atoms with Crippen LogP contribution in [0.3, 0.4) is 0 Å². The quantitative estimate of drug-likeness (QED) is 0.117. The largest absolute Gasteiger partial charge is 0.491 e. The second-order valence-corrected chi connectivity index (χ2v) is 12.2. The van der Waals surface area contributed by atoms with Crippen molar-refractivity contribution in [2.75, 3.05) is 13.2 Å². The number of ether oxygens (including phenoxy) is 6. The Labute approximate surface area is 322 Å². The third kappa shape index (κ3) is 18.5. The van der Waals surface area contributed by atoms with Crippen LogP contribution in [0.15, 0.2) is 97.1 Å². The number of benzene rings is 4. The zero-order chi connectivity index (χ0) is 36.5. The molecular weight excluding hydrogens is 701 g/mol. The van der Waals surface area contributed by atoms with Gasteiger partial charge in [0.15, 0.2) is 0 Å². The van der Waals surface area contributed by atoms with Gasteiger partial charge in [0.05, 0.1) is 24.3 Å². The Hall–Kier alpha value is -4.68. The number of carbonyl (C=O) groups is 2. The molecule has 12 heteroatoms. The Morgan fingerprint density at radius 1 is 0.442 bits per heavy atom. The summed E-state index contributed by atoms with van der Waals surface area (Å²) in [6, 6.07) is 29.7. The Balaban J connectivity index is 0.000000501. The summed E-state index contributed by atoms with van der Waals surface area (Å²) in [4.78, 5) is 21.9. The van der Waals surface area contributed by atoms with E-state index in [0.717, 1.165) is 46.0 Å². The predicted molar refractivity (Wildman–Crippen MR) is 216 cm³/mol. The molecule has 284 valence electrons. The first-order valence-corrected chi connectivity index (χ1v) is 16.7. The lowest BCUT2D eigenvalue weighted by Crippen LogP contribution is -2.35. The fraction of sp³-hybridized carbons (Fsp3) is 0.350. The molecule has 0 heterocycles. The molecule has 2 N–H and O–H groups in total. The lowest BCUT2D eigenvalue weighted by molar-refractivity contribution is -0.120. The summed E-state index contributed by atoms with van der Waals surface area (Å²) >= 11 is 0. The minimum atomic E-state index is -0.0651. The van der Waals surface area contributed by atoms with Crippen molar-refractivity contribution in [2.45, 2.75) is 79.7 Å². The fourth-order valence-corrected chi connectivity index (χ4v) is 4.42. The van der Waals surface area contributed by atoms with E-state index in [9.17, 15) is 9.59 Å². The van der Waals surface area contributed by atoms with Crippen LogP contribution >= 0.6 is 27.0 Å². The predicted octanol–water partition coefficient (Wildman–Crippen LogP) is 8.56. The molecule has 2 amide bonds. The van der Waals surface area contributed by atoms with Gasteiger partial charge in [0.2, 0.25) is 11.8 Å². The zero-order valence-corrected chi connectivity index (χ0v) is 33.2. The van der Waals surface area contributed by atoms with Crippen LogP contribution in [-0.2, 0) is 9.59 Å². The average Bonchev–Trinajstić information content (AvgIpc) is 3.05. The summed E-state index contributed by atoms with van der Waals surface area (Å²) in [5.41, 5.74) is 0. The first-order valence-electron chi connectivity index (χ1n) is 16.7. The van der Waals surface area contributed by atoms with Gasteiger partial charge < -0.3 is 39.1 Å². The Kier molecular flexibility index (Phi) is 20.7. The standard InChI is InChI=1S/2C20H25NO4.2H2S/c2*1-14(2)24-18-9-11-20(12-10-18)25-19-7-5-17(6-8-19)23-13-15(3)21-16(4)22;;/h2*5-12,14-15H,13H2,1-4H3,(H,21,22);2*1H2/t15-;;;/m0.../s1. The van der Waals surface area contributed by atoms with Crippen LogP contribution in [0.25, 0.3) is 0 Å². The van der Waals surface area contributed by atoms with Crippen LogP contribution in [0.5, 0.6) is 46.0 Å². The van der Waals surface area contributed by atoms with Crippen LogP contribution in [0, 0.1) is 0 Å². The number of amides is 2. The highest BCUT2D eigenvalue weighted by atomic mass is 32.1. The van der Waals surface area contributed by atoms with Gasteiger partial charge in [-0.15, -0.1) is 0 Å².